The second-order valence-electron chi connectivity index (χ2n) is 4.37. The molecule has 1 rings (SSSR count). The maximum absolute atomic E-state index is 12.0. The fraction of sp³-hybridized carbons (Fsp3) is 0.818. The Kier molecular flexibility index (Phi) is 4.82. The molecule has 17 heavy (non-hydrogen) atoms. The molecule has 1 aliphatic rings. The van der Waals surface area contributed by atoms with Crippen LogP contribution in [0.25, 0.3) is 0 Å². The van der Waals surface area contributed by atoms with Gasteiger partial charge in [-0.1, -0.05) is 19.3 Å². The first kappa shape index (κ1) is 13.8. The van der Waals surface area contributed by atoms with Crippen LogP contribution in [-0.4, -0.2) is 30.1 Å². The molecule has 1 amide bonds. The molecule has 96 valence electrons. The summed E-state index contributed by atoms with van der Waals surface area (Å²) in [5.74, 6) is -0.542. The van der Waals surface area contributed by atoms with E-state index in [2.05, 4.69) is 5.32 Å². The fourth-order valence-electron chi connectivity index (χ4n) is 2.00. The lowest BCUT2D eigenvalue weighted by atomic mass is 9.74. The average molecular weight is 246 g/mol. The first-order valence-electron chi connectivity index (χ1n) is 5.67. The quantitative estimate of drug-likeness (QED) is 0.782. The number of carbonyl (C=O) groups is 1. The summed E-state index contributed by atoms with van der Waals surface area (Å²) in [5, 5.41) is 20.2. The van der Waals surface area contributed by atoms with Gasteiger partial charge in [0.2, 0.25) is 5.91 Å². The number of carbonyl (C=O) groups excluding carboxylic acids is 1. The first-order chi connectivity index (χ1) is 8.02. The fourth-order valence-corrected chi connectivity index (χ4v) is 2.00. The summed E-state index contributed by atoms with van der Waals surface area (Å²) in [5.41, 5.74) is -1.10. The minimum absolute atomic E-state index is 0.458. The highest BCUT2D eigenvalue weighted by Gasteiger charge is 2.39. The van der Waals surface area contributed by atoms with Crippen molar-refractivity contribution in [1.82, 2.24) is 5.32 Å². The van der Waals surface area contributed by atoms with Gasteiger partial charge < -0.3 is 10.4 Å². The lowest BCUT2D eigenvalue weighted by Crippen LogP contribution is -2.45. The smallest absolute Gasteiger partial charge is 0.265 e. The number of aliphatic hydroxyl groups is 1. The summed E-state index contributed by atoms with van der Waals surface area (Å²) in [7, 11) is 0. The molecule has 0 bridgehead atoms. The van der Waals surface area contributed by atoms with Crippen LogP contribution in [0.3, 0.4) is 0 Å². The van der Waals surface area contributed by atoms with Gasteiger partial charge in [0.25, 0.3) is 6.43 Å². The van der Waals surface area contributed by atoms with E-state index in [1.54, 1.807) is 0 Å². The third-order valence-electron chi connectivity index (χ3n) is 3.12. The van der Waals surface area contributed by atoms with E-state index in [0.29, 0.717) is 12.8 Å². The SMILES string of the molecule is N#CC1(C(=O)NCC(O)C(F)F)CCCCC1. The predicted octanol–water partition coefficient (Wildman–Crippen LogP) is 1.20. The van der Waals surface area contributed by atoms with Crippen LogP contribution in [0, 0.1) is 16.7 Å². The number of nitriles is 1. The summed E-state index contributed by atoms with van der Waals surface area (Å²) in [6.07, 6.45) is -1.29. The van der Waals surface area contributed by atoms with Crippen molar-refractivity contribution >= 4 is 5.91 Å². The van der Waals surface area contributed by atoms with Crippen molar-refractivity contribution < 1.29 is 18.7 Å². The lowest BCUT2D eigenvalue weighted by molar-refractivity contribution is -0.130. The molecule has 0 heterocycles. The second-order valence-corrected chi connectivity index (χ2v) is 4.37. The maximum atomic E-state index is 12.0. The molecule has 0 radical (unpaired) electrons. The zero-order chi connectivity index (χ0) is 12.9. The number of aliphatic hydroxyl groups excluding tert-OH is 1. The number of alkyl halides is 2. The Morgan fingerprint density at radius 3 is 2.47 bits per heavy atom. The summed E-state index contributed by atoms with van der Waals surface area (Å²) < 4.78 is 24.1. The lowest BCUT2D eigenvalue weighted by Gasteiger charge is -2.29. The van der Waals surface area contributed by atoms with Crippen LogP contribution < -0.4 is 5.32 Å². The standard InChI is InChI=1S/C11H16F2N2O2/c12-9(13)8(16)6-15-10(17)11(7-14)4-2-1-3-5-11/h8-9,16H,1-6H2,(H,15,17). The number of halogens is 2. The highest BCUT2D eigenvalue weighted by Crippen LogP contribution is 2.35. The van der Waals surface area contributed by atoms with E-state index in [4.69, 9.17) is 10.4 Å². The van der Waals surface area contributed by atoms with Crippen LogP contribution in [0.1, 0.15) is 32.1 Å². The molecule has 0 spiro atoms. The summed E-state index contributed by atoms with van der Waals surface area (Å²) >= 11 is 0. The Morgan fingerprint density at radius 2 is 2.00 bits per heavy atom. The zero-order valence-corrected chi connectivity index (χ0v) is 9.46. The topological polar surface area (TPSA) is 73.1 Å². The molecule has 2 N–H and O–H groups in total. The normalized spacial score (nSPS) is 20.6. The monoisotopic (exact) mass is 246 g/mol. The van der Waals surface area contributed by atoms with Gasteiger partial charge >= 0.3 is 0 Å². The summed E-state index contributed by atoms with van der Waals surface area (Å²) in [6.45, 7) is -0.514. The molecule has 1 fully saturated rings. The van der Waals surface area contributed by atoms with E-state index in [-0.39, 0.29) is 0 Å². The maximum Gasteiger partial charge on any atom is 0.265 e. The van der Waals surface area contributed by atoms with Gasteiger partial charge in [-0.05, 0) is 12.8 Å². The highest BCUT2D eigenvalue weighted by molar-refractivity contribution is 5.85. The van der Waals surface area contributed by atoms with E-state index in [1.165, 1.54) is 0 Å². The molecule has 0 aromatic heterocycles. The predicted molar refractivity (Wildman–Crippen MR) is 56.2 cm³/mol. The van der Waals surface area contributed by atoms with Crippen molar-refractivity contribution in [3.63, 3.8) is 0 Å². The van der Waals surface area contributed by atoms with Gasteiger partial charge in [-0.3, -0.25) is 4.79 Å². The van der Waals surface area contributed by atoms with Crippen LogP contribution >= 0.6 is 0 Å². The minimum atomic E-state index is -2.89. The van der Waals surface area contributed by atoms with Gasteiger partial charge in [-0.15, -0.1) is 0 Å². The van der Waals surface area contributed by atoms with E-state index in [1.807, 2.05) is 6.07 Å². The van der Waals surface area contributed by atoms with Gasteiger partial charge in [0.05, 0.1) is 6.07 Å². The molecule has 0 aromatic rings. The highest BCUT2D eigenvalue weighted by atomic mass is 19.3. The summed E-state index contributed by atoms with van der Waals surface area (Å²) in [6, 6.07) is 1.99. The summed E-state index contributed by atoms with van der Waals surface area (Å²) in [4.78, 5) is 11.8. The van der Waals surface area contributed by atoms with E-state index < -0.39 is 30.4 Å². The van der Waals surface area contributed by atoms with Gasteiger partial charge in [0.1, 0.15) is 11.5 Å². The third kappa shape index (κ3) is 3.37. The van der Waals surface area contributed by atoms with Crippen LogP contribution in [-0.2, 0) is 4.79 Å². The largest absolute Gasteiger partial charge is 0.385 e. The number of amides is 1. The molecule has 1 saturated carbocycles. The van der Waals surface area contributed by atoms with Crippen molar-refractivity contribution in [3.8, 4) is 6.07 Å². The van der Waals surface area contributed by atoms with Gasteiger partial charge in [-0.25, -0.2) is 8.78 Å². The molecule has 0 aromatic carbocycles. The van der Waals surface area contributed by atoms with Crippen molar-refractivity contribution in [2.75, 3.05) is 6.54 Å². The van der Waals surface area contributed by atoms with Crippen LogP contribution in [0.4, 0.5) is 8.78 Å². The number of rotatable bonds is 4. The van der Waals surface area contributed by atoms with Crippen LogP contribution in [0.15, 0.2) is 0 Å². The average Bonchev–Trinajstić information content (AvgIpc) is 2.36. The van der Waals surface area contributed by atoms with Crippen LogP contribution in [0.5, 0.6) is 0 Å². The second kappa shape index (κ2) is 5.92. The molecule has 1 unspecified atom stereocenters. The Labute approximate surface area is 98.6 Å². The minimum Gasteiger partial charge on any atom is -0.385 e. The molecule has 6 heteroatoms. The molecule has 1 aliphatic carbocycles. The van der Waals surface area contributed by atoms with Gasteiger partial charge in [0.15, 0.2) is 0 Å². The molecular formula is C11H16F2N2O2. The van der Waals surface area contributed by atoms with Crippen molar-refractivity contribution in [1.29, 1.82) is 5.26 Å². The number of nitrogens with zero attached hydrogens (tertiary/aromatic N) is 1. The number of hydrogen-bond donors (Lipinski definition) is 2. The Balaban J connectivity index is 2.53. The molecule has 1 atom stereocenters. The van der Waals surface area contributed by atoms with E-state index in [0.717, 1.165) is 19.3 Å². The van der Waals surface area contributed by atoms with Gasteiger partial charge in [0, 0.05) is 6.54 Å². The van der Waals surface area contributed by atoms with E-state index in [9.17, 15) is 13.6 Å². The van der Waals surface area contributed by atoms with Crippen molar-refractivity contribution in [2.24, 2.45) is 5.41 Å². The molecule has 0 aliphatic heterocycles. The molecule has 4 nitrogen and oxygen atoms in total. The van der Waals surface area contributed by atoms with E-state index >= 15 is 0 Å². The number of nitrogens with one attached hydrogen (secondary N) is 1. The zero-order valence-electron chi connectivity index (χ0n) is 9.46. The Hall–Kier alpha value is -1.22. The molecule has 0 saturated heterocycles. The van der Waals surface area contributed by atoms with Crippen LogP contribution in [0.2, 0.25) is 0 Å². The van der Waals surface area contributed by atoms with Crippen molar-refractivity contribution in [3.05, 3.63) is 0 Å². The number of hydrogen-bond acceptors (Lipinski definition) is 3. The Morgan fingerprint density at radius 1 is 1.41 bits per heavy atom. The Bertz CT molecular complexity index is 309. The third-order valence-corrected chi connectivity index (χ3v) is 3.12. The van der Waals surface area contributed by atoms with Crippen molar-refractivity contribution in [2.45, 2.75) is 44.6 Å². The van der Waals surface area contributed by atoms with Gasteiger partial charge in [-0.2, -0.15) is 5.26 Å². The first-order valence-corrected chi connectivity index (χ1v) is 5.67. The molecular weight excluding hydrogens is 230 g/mol.